The second kappa shape index (κ2) is 11.5. The van der Waals surface area contributed by atoms with Crippen LogP contribution in [0, 0.1) is 6.92 Å². The molecule has 0 radical (unpaired) electrons. The molecule has 1 heterocycles. The summed E-state index contributed by atoms with van der Waals surface area (Å²) in [5.74, 6) is 1.86. The van der Waals surface area contributed by atoms with Crippen LogP contribution in [0.1, 0.15) is 23.1 Å². The van der Waals surface area contributed by atoms with E-state index in [4.69, 9.17) is 4.74 Å². The topological polar surface area (TPSA) is 64.9 Å². The third-order valence-corrected chi connectivity index (χ3v) is 5.98. The molecule has 6 nitrogen and oxygen atoms in total. The standard InChI is InChI=1S/C25H27N5OS/c1-20-12-14-21(15-13-20)19-31-24-11-6-5-8-22(24)18-26-16-7-17-32-25-27-28-29-30(25)23-9-3-2-4-10-23/h2-6,8-15,26H,7,16-19H2,1H3. The number of hydrogen-bond donors (Lipinski definition) is 1. The van der Waals surface area contributed by atoms with Gasteiger partial charge in [-0.3, -0.25) is 0 Å². The van der Waals surface area contributed by atoms with E-state index in [2.05, 4.69) is 64.2 Å². The van der Waals surface area contributed by atoms with E-state index in [9.17, 15) is 0 Å². The fraction of sp³-hybridized carbons (Fsp3) is 0.240. The molecule has 0 spiro atoms. The number of rotatable bonds is 11. The van der Waals surface area contributed by atoms with Crippen LogP contribution in [0.4, 0.5) is 0 Å². The molecule has 1 aromatic heterocycles. The van der Waals surface area contributed by atoms with Crippen LogP contribution in [0.15, 0.2) is 84.0 Å². The molecule has 0 unspecified atom stereocenters. The minimum atomic E-state index is 0.573. The second-order valence-corrected chi connectivity index (χ2v) is 8.53. The van der Waals surface area contributed by atoms with Crippen molar-refractivity contribution in [3.05, 3.63) is 95.6 Å². The van der Waals surface area contributed by atoms with Crippen LogP contribution in [0.3, 0.4) is 0 Å². The maximum Gasteiger partial charge on any atom is 0.214 e. The van der Waals surface area contributed by atoms with E-state index < -0.39 is 0 Å². The number of aromatic nitrogens is 4. The van der Waals surface area contributed by atoms with Crippen LogP contribution < -0.4 is 10.1 Å². The zero-order valence-corrected chi connectivity index (χ0v) is 19.0. The molecule has 4 aromatic rings. The normalized spacial score (nSPS) is 10.9. The van der Waals surface area contributed by atoms with Crippen LogP contribution in [-0.2, 0) is 13.2 Å². The maximum absolute atomic E-state index is 6.08. The van der Waals surface area contributed by atoms with Gasteiger partial charge in [0.25, 0.3) is 0 Å². The van der Waals surface area contributed by atoms with Crippen molar-refractivity contribution < 1.29 is 4.74 Å². The van der Waals surface area contributed by atoms with E-state index in [-0.39, 0.29) is 0 Å². The fourth-order valence-electron chi connectivity index (χ4n) is 3.22. The molecule has 0 aliphatic heterocycles. The lowest BCUT2D eigenvalue weighted by atomic mass is 10.1. The molecule has 7 heteroatoms. The number of aryl methyl sites for hydroxylation is 1. The largest absolute Gasteiger partial charge is 0.489 e. The molecule has 0 atom stereocenters. The minimum absolute atomic E-state index is 0.573. The number of nitrogens with one attached hydrogen (secondary N) is 1. The molecule has 0 saturated heterocycles. The average Bonchev–Trinajstić information content (AvgIpc) is 3.31. The Morgan fingerprint density at radius 2 is 1.72 bits per heavy atom. The van der Waals surface area contributed by atoms with Crippen molar-refractivity contribution in [1.29, 1.82) is 0 Å². The van der Waals surface area contributed by atoms with Gasteiger partial charge in [-0.1, -0.05) is 78.0 Å². The lowest BCUT2D eigenvalue weighted by Crippen LogP contribution is -2.16. The molecule has 164 valence electrons. The first kappa shape index (κ1) is 22.0. The first-order valence-electron chi connectivity index (χ1n) is 10.7. The summed E-state index contributed by atoms with van der Waals surface area (Å²) in [7, 11) is 0. The van der Waals surface area contributed by atoms with Crippen LogP contribution >= 0.6 is 11.8 Å². The Morgan fingerprint density at radius 3 is 2.56 bits per heavy atom. The van der Waals surface area contributed by atoms with E-state index in [0.717, 1.165) is 41.9 Å². The number of para-hydroxylation sites is 2. The number of thioether (sulfide) groups is 1. The van der Waals surface area contributed by atoms with Crippen molar-refractivity contribution in [2.75, 3.05) is 12.3 Å². The van der Waals surface area contributed by atoms with E-state index in [1.165, 1.54) is 16.7 Å². The molecule has 0 fully saturated rings. The summed E-state index contributed by atoms with van der Waals surface area (Å²) < 4.78 is 7.85. The third kappa shape index (κ3) is 6.18. The zero-order chi connectivity index (χ0) is 22.0. The average molecular weight is 446 g/mol. The quantitative estimate of drug-likeness (QED) is 0.264. The van der Waals surface area contributed by atoms with E-state index in [1.54, 1.807) is 16.4 Å². The monoisotopic (exact) mass is 445 g/mol. The van der Waals surface area contributed by atoms with Gasteiger partial charge in [-0.15, -0.1) is 5.10 Å². The summed E-state index contributed by atoms with van der Waals surface area (Å²) in [6.45, 7) is 4.35. The summed E-state index contributed by atoms with van der Waals surface area (Å²) in [6, 6.07) is 26.6. The third-order valence-electron chi connectivity index (χ3n) is 4.97. The summed E-state index contributed by atoms with van der Waals surface area (Å²) in [5, 5.41) is 16.4. The highest BCUT2D eigenvalue weighted by Gasteiger charge is 2.08. The van der Waals surface area contributed by atoms with Gasteiger partial charge in [0, 0.05) is 17.9 Å². The molecular weight excluding hydrogens is 418 g/mol. The highest BCUT2D eigenvalue weighted by molar-refractivity contribution is 7.99. The Kier molecular flexibility index (Phi) is 7.89. The Hall–Kier alpha value is -3.16. The van der Waals surface area contributed by atoms with Gasteiger partial charge in [-0.05, 0) is 54.1 Å². The molecule has 3 aromatic carbocycles. The SMILES string of the molecule is Cc1ccc(COc2ccccc2CNCCCSc2nnnn2-c2ccccc2)cc1. The molecular formula is C25H27N5OS. The van der Waals surface area contributed by atoms with Gasteiger partial charge in [0.2, 0.25) is 5.16 Å². The number of ether oxygens (including phenoxy) is 1. The minimum Gasteiger partial charge on any atom is -0.489 e. The van der Waals surface area contributed by atoms with Crippen molar-refractivity contribution >= 4 is 11.8 Å². The van der Waals surface area contributed by atoms with Crippen LogP contribution in [0.2, 0.25) is 0 Å². The van der Waals surface area contributed by atoms with Crippen LogP contribution in [0.5, 0.6) is 5.75 Å². The first-order valence-corrected chi connectivity index (χ1v) is 11.7. The highest BCUT2D eigenvalue weighted by atomic mass is 32.2. The van der Waals surface area contributed by atoms with E-state index in [1.807, 2.05) is 42.5 Å². The number of tetrazole rings is 1. The number of benzene rings is 3. The molecule has 32 heavy (non-hydrogen) atoms. The van der Waals surface area contributed by atoms with Gasteiger partial charge >= 0.3 is 0 Å². The highest BCUT2D eigenvalue weighted by Crippen LogP contribution is 2.20. The maximum atomic E-state index is 6.08. The van der Waals surface area contributed by atoms with Gasteiger partial charge in [0.1, 0.15) is 12.4 Å². The number of nitrogens with zero attached hydrogens (tertiary/aromatic N) is 4. The summed E-state index contributed by atoms with van der Waals surface area (Å²) in [4.78, 5) is 0. The van der Waals surface area contributed by atoms with Crippen molar-refractivity contribution in [3.63, 3.8) is 0 Å². The predicted molar refractivity (Wildman–Crippen MR) is 128 cm³/mol. The molecule has 0 saturated carbocycles. The van der Waals surface area contributed by atoms with Gasteiger partial charge in [-0.2, -0.15) is 4.68 Å². The molecule has 0 aliphatic carbocycles. The molecule has 4 rings (SSSR count). The molecule has 0 bridgehead atoms. The fourth-order valence-corrected chi connectivity index (χ4v) is 4.05. The Bertz CT molecular complexity index is 1100. The Labute approximate surface area is 193 Å². The molecule has 1 N–H and O–H groups in total. The van der Waals surface area contributed by atoms with Gasteiger partial charge < -0.3 is 10.1 Å². The lowest BCUT2D eigenvalue weighted by molar-refractivity contribution is 0.302. The van der Waals surface area contributed by atoms with Crippen LogP contribution in [0.25, 0.3) is 5.69 Å². The lowest BCUT2D eigenvalue weighted by Gasteiger charge is -2.12. The second-order valence-electron chi connectivity index (χ2n) is 7.47. The van der Waals surface area contributed by atoms with E-state index >= 15 is 0 Å². The Morgan fingerprint density at radius 1 is 0.938 bits per heavy atom. The van der Waals surface area contributed by atoms with Crippen molar-refractivity contribution in [2.45, 2.75) is 31.7 Å². The molecule has 0 amide bonds. The first-order chi connectivity index (χ1) is 15.8. The smallest absolute Gasteiger partial charge is 0.214 e. The molecule has 0 aliphatic rings. The Balaban J connectivity index is 1.20. The van der Waals surface area contributed by atoms with Crippen molar-refractivity contribution in [1.82, 2.24) is 25.5 Å². The van der Waals surface area contributed by atoms with Crippen molar-refractivity contribution in [3.8, 4) is 11.4 Å². The van der Waals surface area contributed by atoms with E-state index in [0.29, 0.717) is 6.61 Å². The summed E-state index contributed by atoms with van der Waals surface area (Å²) in [5.41, 5.74) is 4.57. The summed E-state index contributed by atoms with van der Waals surface area (Å²) in [6.07, 6.45) is 1.01. The van der Waals surface area contributed by atoms with Crippen LogP contribution in [-0.4, -0.2) is 32.5 Å². The summed E-state index contributed by atoms with van der Waals surface area (Å²) >= 11 is 1.67. The number of hydrogen-bond acceptors (Lipinski definition) is 6. The van der Waals surface area contributed by atoms with Gasteiger partial charge in [0.15, 0.2) is 0 Å². The zero-order valence-electron chi connectivity index (χ0n) is 18.1. The van der Waals surface area contributed by atoms with Gasteiger partial charge in [0.05, 0.1) is 5.69 Å². The predicted octanol–water partition coefficient (Wildman–Crippen LogP) is 4.82. The van der Waals surface area contributed by atoms with Gasteiger partial charge in [-0.25, -0.2) is 0 Å². The van der Waals surface area contributed by atoms with Crippen molar-refractivity contribution in [2.24, 2.45) is 0 Å².